The van der Waals surface area contributed by atoms with Crippen LogP contribution in [-0.2, 0) is 0 Å². The van der Waals surface area contributed by atoms with E-state index in [1.54, 1.807) is 18.2 Å². The number of rotatable bonds is 3. The zero-order valence-corrected chi connectivity index (χ0v) is 11.4. The molecule has 3 aromatic rings. The van der Waals surface area contributed by atoms with Crippen LogP contribution in [0.1, 0.15) is 0 Å². The van der Waals surface area contributed by atoms with Gasteiger partial charge in [0.05, 0.1) is 9.95 Å². The Morgan fingerprint density at radius 2 is 1.81 bits per heavy atom. The number of aromatic nitrogens is 3. The van der Waals surface area contributed by atoms with Gasteiger partial charge in [-0.3, -0.25) is 15.2 Å². The summed E-state index contributed by atoms with van der Waals surface area (Å²) in [5, 5.41) is 18.1. The Bertz CT molecular complexity index is 799. The monoisotopic (exact) mass is 300 g/mol. The highest BCUT2D eigenvalue weighted by molar-refractivity contribution is 6.33. The maximum atomic E-state index is 10.6. The van der Waals surface area contributed by atoms with E-state index in [4.69, 9.17) is 11.6 Å². The second kappa shape index (κ2) is 5.34. The van der Waals surface area contributed by atoms with Gasteiger partial charge in [0, 0.05) is 23.3 Å². The van der Waals surface area contributed by atoms with Crippen LogP contribution in [0, 0.1) is 10.1 Å². The minimum absolute atomic E-state index is 0.0283. The maximum absolute atomic E-state index is 10.6. The molecular formula is C14H9ClN4O2. The molecule has 0 unspecified atom stereocenters. The van der Waals surface area contributed by atoms with Gasteiger partial charge in [0.2, 0.25) is 0 Å². The molecule has 0 amide bonds. The SMILES string of the molecule is O=[N+]([O-])c1ccc(-c2n[nH]c(-c3ccccc3Cl)n2)cc1. The fourth-order valence-electron chi connectivity index (χ4n) is 1.90. The molecule has 0 spiro atoms. The Labute approximate surface area is 124 Å². The van der Waals surface area contributed by atoms with Crippen molar-refractivity contribution in [3.05, 3.63) is 63.7 Å². The van der Waals surface area contributed by atoms with Crippen molar-refractivity contribution in [1.82, 2.24) is 15.2 Å². The first-order valence-corrected chi connectivity index (χ1v) is 6.45. The summed E-state index contributed by atoms with van der Waals surface area (Å²) in [5.41, 5.74) is 1.47. The molecule has 0 saturated carbocycles. The highest BCUT2D eigenvalue weighted by Crippen LogP contribution is 2.26. The number of nitro groups is 1. The molecule has 0 saturated heterocycles. The lowest BCUT2D eigenvalue weighted by atomic mass is 10.2. The molecule has 0 radical (unpaired) electrons. The van der Waals surface area contributed by atoms with Crippen LogP contribution in [0.25, 0.3) is 22.8 Å². The third-order valence-corrected chi connectivity index (χ3v) is 3.28. The topological polar surface area (TPSA) is 84.7 Å². The molecule has 6 nitrogen and oxygen atoms in total. The summed E-state index contributed by atoms with van der Waals surface area (Å²) < 4.78 is 0. The second-order valence-corrected chi connectivity index (χ2v) is 4.70. The van der Waals surface area contributed by atoms with Crippen molar-refractivity contribution < 1.29 is 4.92 Å². The van der Waals surface area contributed by atoms with Crippen molar-refractivity contribution in [2.24, 2.45) is 0 Å². The fourth-order valence-corrected chi connectivity index (χ4v) is 2.12. The Hall–Kier alpha value is -2.73. The van der Waals surface area contributed by atoms with Crippen molar-refractivity contribution in [2.45, 2.75) is 0 Å². The minimum atomic E-state index is -0.447. The molecule has 1 aromatic heterocycles. The smallest absolute Gasteiger partial charge is 0.259 e. The summed E-state index contributed by atoms with van der Waals surface area (Å²) in [6.07, 6.45) is 0. The van der Waals surface area contributed by atoms with Gasteiger partial charge in [0.1, 0.15) is 0 Å². The highest BCUT2D eigenvalue weighted by atomic mass is 35.5. The highest BCUT2D eigenvalue weighted by Gasteiger charge is 2.11. The van der Waals surface area contributed by atoms with E-state index in [0.717, 1.165) is 5.56 Å². The lowest BCUT2D eigenvalue weighted by Crippen LogP contribution is -1.88. The molecule has 21 heavy (non-hydrogen) atoms. The molecular weight excluding hydrogens is 292 g/mol. The number of H-pyrrole nitrogens is 1. The van der Waals surface area contributed by atoms with Crippen LogP contribution in [0.3, 0.4) is 0 Å². The Kier molecular flexibility index (Phi) is 3.37. The van der Waals surface area contributed by atoms with Gasteiger partial charge in [0.25, 0.3) is 5.69 Å². The van der Waals surface area contributed by atoms with Crippen molar-refractivity contribution in [3.63, 3.8) is 0 Å². The third kappa shape index (κ3) is 2.61. The van der Waals surface area contributed by atoms with Gasteiger partial charge in [0.15, 0.2) is 11.6 Å². The van der Waals surface area contributed by atoms with Gasteiger partial charge in [-0.1, -0.05) is 23.7 Å². The van der Waals surface area contributed by atoms with Gasteiger partial charge >= 0.3 is 0 Å². The van der Waals surface area contributed by atoms with Crippen molar-refractivity contribution in [1.29, 1.82) is 0 Å². The molecule has 7 heteroatoms. The standard InChI is InChI=1S/C14H9ClN4O2/c15-12-4-2-1-3-11(12)14-16-13(17-18-14)9-5-7-10(8-6-9)19(20)21/h1-8H,(H,16,17,18). The number of nitro benzene ring substituents is 1. The molecule has 0 aliphatic heterocycles. The molecule has 0 aliphatic rings. The van der Waals surface area contributed by atoms with E-state index in [0.29, 0.717) is 22.2 Å². The van der Waals surface area contributed by atoms with E-state index < -0.39 is 4.92 Å². The van der Waals surface area contributed by atoms with Crippen molar-refractivity contribution >= 4 is 17.3 Å². The summed E-state index contributed by atoms with van der Waals surface area (Å²) in [4.78, 5) is 14.5. The quantitative estimate of drug-likeness (QED) is 0.590. The van der Waals surface area contributed by atoms with Crippen LogP contribution in [0.4, 0.5) is 5.69 Å². The van der Waals surface area contributed by atoms with E-state index in [2.05, 4.69) is 15.2 Å². The van der Waals surface area contributed by atoms with Crippen molar-refractivity contribution in [2.75, 3.05) is 0 Å². The van der Waals surface area contributed by atoms with E-state index in [1.807, 2.05) is 18.2 Å². The zero-order chi connectivity index (χ0) is 14.8. The molecule has 1 heterocycles. The van der Waals surface area contributed by atoms with Gasteiger partial charge < -0.3 is 0 Å². The van der Waals surface area contributed by atoms with Gasteiger partial charge in [-0.25, -0.2) is 4.98 Å². The Morgan fingerprint density at radius 3 is 2.48 bits per heavy atom. The number of nitrogens with zero attached hydrogens (tertiary/aromatic N) is 3. The van der Waals surface area contributed by atoms with E-state index in [-0.39, 0.29) is 5.69 Å². The molecule has 0 bridgehead atoms. The summed E-state index contributed by atoms with van der Waals surface area (Å²) in [6, 6.07) is 13.3. The average Bonchev–Trinajstić information content (AvgIpc) is 2.97. The van der Waals surface area contributed by atoms with Crippen LogP contribution in [0.2, 0.25) is 5.02 Å². The van der Waals surface area contributed by atoms with Crippen LogP contribution in [0.5, 0.6) is 0 Å². The molecule has 0 aliphatic carbocycles. The number of aromatic amines is 1. The average molecular weight is 301 g/mol. The summed E-state index contributed by atoms with van der Waals surface area (Å²) in [7, 11) is 0. The van der Waals surface area contributed by atoms with Crippen LogP contribution in [-0.4, -0.2) is 20.1 Å². The summed E-state index contributed by atoms with van der Waals surface area (Å²) in [6.45, 7) is 0. The van der Waals surface area contributed by atoms with E-state index in [9.17, 15) is 10.1 Å². The largest absolute Gasteiger partial charge is 0.269 e. The lowest BCUT2D eigenvalue weighted by Gasteiger charge is -1.98. The molecule has 1 N–H and O–H groups in total. The number of hydrogen-bond donors (Lipinski definition) is 1. The van der Waals surface area contributed by atoms with Gasteiger partial charge in [-0.2, -0.15) is 5.10 Å². The first-order valence-electron chi connectivity index (χ1n) is 6.07. The fraction of sp³-hybridized carbons (Fsp3) is 0. The zero-order valence-electron chi connectivity index (χ0n) is 10.7. The predicted octanol–water partition coefficient (Wildman–Crippen LogP) is 3.70. The third-order valence-electron chi connectivity index (χ3n) is 2.95. The number of hydrogen-bond acceptors (Lipinski definition) is 4. The molecule has 0 atom stereocenters. The number of benzene rings is 2. The summed E-state index contributed by atoms with van der Waals surface area (Å²) in [5.74, 6) is 1.01. The number of halogens is 1. The molecule has 3 rings (SSSR count). The Morgan fingerprint density at radius 1 is 1.10 bits per heavy atom. The normalized spacial score (nSPS) is 10.5. The van der Waals surface area contributed by atoms with Crippen LogP contribution < -0.4 is 0 Å². The van der Waals surface area contributed by atoms with Gasteiger partial charge in [-0.15, -0.1) is 0 Å². The van der Waals surface area contributed by atoms with Crippen LogP contribution in [0.15, 0.2) is 48.5 Å². The minimum Gasteiger partial charge on any atom is -0.259 e. The van der Waals surface area contributed by atoms with E-state index >= 15 is 0 Å². The maximum Gasteiger partial charge on any atom is 0.269 e. The number of non-ortho nitro benzene ring substituents is 1. The van der Waals surface area contributed by atoms with Crippen LogP contribution >= 0.6 is 11.6 Å². The lowest BCUT2D eigenvalue weighted by molar-refractivity contribution is -0.384. The first-order chi connectivity index (χ1) is 10.1. The molecule has 2 aromatic carbocycles. The van der Waals surface area contributed by atoms with Gasteiger partial charge in [-0.05, 0) is 24.3 Å². The predicted molar refractivity (Wildman–Crippen MR) is 78.9 cm³/mol. The van der Waals surface area contributed by atoms with Crippen molar-refractivity contribution in [3.8, 4) is 22.8 Å². The second-order valence-electron chi connectivity index (χ2n) is 4.29. The number of nitrogens with one attached hydrogen (secondary N) is 1. The Balaban J connectivity index is 1.95. The molecule has 104 valence electrons. The summed E-state index contributed by atoms with van der Waals surface area (Å²) >= 11 is 6.11. The van der Waals surface area contributed by atoms with E-state index in [1.165, 1.54) is 12.1 Å². The molecule has 0 fully saturated rings. The first kappa shape index (κ1) is 13.3.